The Morgan fingerprint density at radius 2 is 2.33 bits per heavy atom. The zero-order valence-electron chi connectivity index (χ0n) is 11.5. The molecule has 4 heterocycles. The van der Waals surface area contributed by atoms with E-state index in [1.54, 1.807) is 18.0 Å². The number of hydrogen-bond acceptors (Lipinski definition) is 5. The van der Waals surface area contributed by atoms with Crippen molar-refractivity contribution in [2.75, 3.05) is 26.7 Å². The quantitative estimate of drug-likeness (QED) is 0.720. The highest BCUT2D eigenvalue weighted by molar-refractivity contribution is 7.90. The van der Waals surface area contributed by atoms with Crippen LogP contribution in [0.25, 0.3) is 0 Å². The molecule has 1 aromatic rings. The number of aromatic nitrogens is 2. The molecule has 1 aromatic heterocycles. The topological polar surface area (TPSA) is 95.6 Å². The third-order valence-electron chi connectivity index (χ3n) is 4.65. The third kappa shape index (κ3) is 1.71. The molecule has 0 radical (unpaired) electrons. The molecule has 4 rings (SSSR count). The Labute approximate surface area is 122 Å². The summed E-state index contributed by atoms with van der Waals surface area (Å²) in [6, 6.07) is 1.62. The van der Waals surface area contributed by atoms with Gasteiger partial charge in [-0.1, -0.05) is 0 Å². The van der Waals surface area contributed by atoms with E-state index in [1.165, 1.54) is 10.5 Å². The van der Waals surface area contributed by atoms with Crippen LogP contribution in [-0.2, 0) is 14.8 Å². The van der Waals surface area contributed by atoms with Crippen LogP contribution in [-0.4, -0.2) is 77.4 Å². The molecule has 3 atom stereocenters. The lowest BCUT2D eigenvalue weighted by Gasteiger charge is -2.39. The fourth-order valence-corrected chi connectivity index (χ4v) is 5.80. The maximum atomic E-state index is 12.4. The normalized spacial score (nSPS) is 37.7. The SMILES string of the molecule is CN1C[C@@]23CN(C(=O)c4ccn[nH]4)C[C@@H](C[C@@H]2S1(=O)=O)O3. The first-order valence-electron chi connectivity index (χ1n) is 6.84. The minimum Gasteiger partial charge on any atom is -0.365 e. The van der Waals surface area contributed by atoms with E-state index in [-0.39, 0.29) is 12.0 Å². The molecule has 1 amide bonds. The minimum atomic E-state index is -3.32. The van der Waals surface area contributed by atoms with Crippen LogP contribution in [0.1, 0.15) is 16.9 Å². The smallest absolute Gasteiger partial charge is 0.272 e. The number of sulfonamides is 1. The molecule has 3 fully saturated rings. The lowest BCUT2D eigenvalue weighted by Crippen LogP contribution is -2.56. The van der Waals surface area contributed by atoms with Gasteiger partial charge in [-0.3, -0.25) is 9.89 Å². The van der Waals surface area contributed by atoms with Gasteiger partial charge in [-0.25, -0.2) is 12.7 Å². The fourth-order valence-electron chi connectivity index (χ4n) is 3.76. The summed E-state index contributed by atoms with van der Waals surface area (Å²) in [5.74, 6) is -0.159. The fraction of sp³-hybridized carbons (Fsp3) is 0.667. The van der Waals surface area contributed by atoms with Crippen molar-refractivity contribution in [1.29, 1.82) is 0 Å². The van der Waals surface area contributed by atoms with Crippen molar-refractivity contribution in [1.82, 2.24) is 19.4 Å². The number of carbonyl (C=O) groups excluding carboxylic acids is 1. The first-order valence-corrected chi connectivity index (χ1v) is 8.34. The summed E-state index contributed by atoms with van der Waals surface area (Å²) in [6.07, 6.45) is 1.77. The van der Waals surface area contributed by atoms with Crippen molar-refractivity contribution in [3.8, 4) is 0 Å². The summed E-state index contributed by atoms with van der Waals surface area (Å²) >= 11 is 0. The number of ether oxygens (including phenoxy) is 1. The zero-order chi connectivity index (χ0) is 14.8. The second-order valence-corrected chi connectivity index (χ2v) is 8.21. The van der Waals surface area contributed by atoms with Gasteiger partial charge in [-0.15, -0.1) is 0 Å². The molecule has 0 aliphatic carbocycles. The highest BCUT2D eigenvalue weighted by Crippen LogP contribution is 2.46. The molecule has 3 aliphatic rings. The van der Waals surface area contributed by atoms with Gasteiger partial charge in [-0.05, 0) is 12.5 Å². The Hall–Kier alpha value is -1.45. The maximum absolute atomic E-state index is 12.4. The number of nitrogens with zero attached hydrogens (tertiary/aromatic N) is 3. The monoisotopic (exact) mass is 312 g/mol. The predicted molar refractivity (Wildman–Crippen MR) is 72.1 cm³/mol. The van der Waals surface area contributed by atoms with Crippen molar-refractivity contribution < 1.29 is 17.9 Å². The van der Waals surface area contributed by atoms with Crippen molar-refractivity contribution in [2.24, 2.45) is 0 Å². The molecule has 2 bridgehead atoms. The van der Waals surface area contributed by atoms with Gasteiger partial charge < -0.3 is 9.64 Å². The average molecular weight is 312 g/mol. The zero-order valence-corrected chi connectivity index (χ0v) is 12.3. The highest BCUT2D eigenvalue weighted by Gasteiger charge is 2.64. The summed E-state index contributed by atoms with van der Waals surface area (Å²) in [4.78, 5) is 14.1. The Kier molecular flexibility index (Phi) is 2.55. The van der Waals surface area contributed by atoms with Crippen LogP contribution < -0.4 is 0 Å². The van der Waals surface area contributed by atoms with Gasteiger partial charge in [0.2, 0.25) is 10.0 Å². The second kappa shape index (κ2) is 4.05. The van der Waals surface area contributed by atoms with Crippen molar-refractivity contribution in [2.45, 2.75) is 23.4 Å². The molecular formula is C12H16N4O4S. The van der Waals surface area contributed by atoms with Gasteiger partial charge >= 0.3 is 0 Å². The molecule has 1 N–H and O–H groups in total. The number of morpholine rings is 1. The Morgan fingerprint density at radius 3 is 3.05 bits per heavy atom. The number of amides is 1. The Bertz CT molecular complexity index is 688. The van der Waals surface area contributed by atoms with Gasteiger partial charge in [0, 0.05) is 26.3 Å². The van der Waals surface area contributed by atoms with Gasteiger partial charge in [0.1, 0.15) is 16.5 Å². The van der Waals surface area contributed by atoms with Gasteiger partial charge in [0.15, 0.2) is 0 Å². The lowest BCUT2D eigenvalue weighted by molar-refractivity contribution is -0.0967. The van der Waals surface area contributed by atoms with Crippen LogP contribution in [0.3, 0.4) is 0 Å². The molecule has 0 saturated carbocycles. The number of rotatable bonds is 1. The van der Waals surface area contributed by atoms with Crippen LogP contribution in [0.4, 0.5) is 0 Å². The summed E-state index contributed by atoms with van der Waals surface area (Å²) < 4.78 is 32.0. The summed E-state index contributed by atoms with van der Waals surface area (Å²) in [6.45, 7) is 1.04. The molecule has 3 aliphatic heterocycles. The number of aromatic amines is 1. The largest absolute Gasteiger partial charge is 0.365 e. The first kappa shape index (κ1) is 13.2. The van der Waals surface area contributed by atoms with E-state index in [0.29, 0.717) is 31.7 Å². The second-order valence-electron chi connectivity index (χ2n) is 5.99. The molecule has 9 heteroatoms. The molecule has 1 spiro atoms. The van der Waals surface area contributed by atoms with E-state index in [4.69, 9.17) is 4.74 Å². The molecule has 0 unspecified atom stereocenters. The van der Waals surface area contributed by atoms with Crippen molar-refractivity contribution in [3.63, 3.8) is 0 Å². The number of carbonyl (C=O) groups is 1. The standard InChI is InChI=1S/C12H16N4O4S/c1-15-6-12-7-16(11(17)9-2-3-13-14-9)5-8(20-12)4-10(12)21(15,18)19/h2-3,8,10H,4-7H2,1H3,(H,13,14)/t8-,10+,12-/m1/s1. The number of H-pyrrole nitrogens is 1. The molecule has 114 valence electrons. The van der Waals surface area contributed by atoms with Crippen LogP contribution in [0, 0.1) is 0 Å². The molecule has 8 nitrogen and oxygen atoms in total. The number of nitrogens with one attached hydrogen (secondary N) is 1. The molecule has 3 saturated heterocycles. The average Bonchev–Trinajstić information content (AvgIpc) is 3.07. The predicted octanol–water partition coefficient (Wildman–Crippen LogP) is -0.963. The Balaban J connectivity index is 1.66. The molecule has 21 heavy (non-hydrogen) atoms. The molecular weight excluding hydrogens is 296 g/mol. The summed E-state index contributed by atoms with van der Waals surface area (Å²) in [5.41, 5.74) is -0.370. The van der Waals surface area contributed by atoms with E-state index >= 15 is 0 Å². The number of fused-ring (bicyclic) bond motifs is 1. The van der Waals surface area contributed by atoms with E-state index in [1.807, 2.05) is 0 Å². The lowest BCUT2D eigenvalue weighted by atomic mass is 9.99. The van der Waals surface area contributed by atoms with Gasteiger partial charge in [-0.2, -0.15) is 5.10 Å². The number of likely N-dealkylation sites (tertiary alicyclic amines) is 1. The molecule has 0 aromatic carbocycles. The minimum absolute atomic E-state index is 0.159. The third-order valence-corrected chi connectivity index (χ3v) is 6.99. The first-order chi connectivity index (χ1) is 9.92. The van der Waals surface area contributed by atoms with Crippen LogP contribution in [0.15, 0.2) is 12.3 Å². The number of hydrogen-bond donors (Lipinski definition) is 1. The highest BCUT2D eigenvalue weighted by atomic mass is 32.2. The van der Waals surface area contributed by atoms with Crippen LogP contribution in [0.2, 0.25) is 0 Å². The number of likely N-dealkylation sites (N-methyl/N-ethyl adjacent to an activating group) is 1. The van der Waals surface area contributed by atoms with E-state index in [2.05, 4.69) is 10.2 Å². The van der Waals surface area contributed by atoms with Crippen molar-refractivity contribution >= 4 is 15.9 Å². The van der Waals surface area contributed by atoms with Gasteiger partial charge in [0.25, 0.3) is 5.91 Å². The maximum Gasteiger partial charge on any atom is 0.272 e. The van der Waals surface area contributed by atoms with E-state index in [0.717, 1.165) is 0 Å². The van der Waals surface area contributed by atoms with E-state index in [9.17, 15) is 13.2 Å². The Morgan fingerprint density at radius 1 is 1.52 bits per heavy atom. The summed E-state index contributed by atoms with van der Waals surface area (Å²) in [5, 5.41) is 5.90. The van der Waals surface area contributed by atoms with Crippen molar-refractivity contribution in [3.05, 3.63) is 18.0 Å². The van der Waals surface area contributed by atoms with E-state index < -0.39 is 20.9 Å². The van der Waals surface area contributed by atoms with Crippen LogP contribution >= 0.6 is 0 Å². The van der Waals surface area contributed by atoms with Gasteiger partial charge in [0.05, 0.1) is 12.6 Å². The summed E-state index contributed by atoms with van der Waals surface area (Å²) in [7, 11) is -1.75. The van der Waals surface area contributed by atoms with Crippen LogP contribution in [0.5, 0.6) is 0 Å².